The number of hydrogen-bond acceptors (Lipinski definition) is 5. The third-order valence-electron chi connectivity index (χ3n) is 3.19. The van der Waals surface area contributed by atoms with Crippen LogP contribution < -0.4 is 15.0 Å². The molecule has 2 bridgehead atoms. The zero-order chi connectivity index (χ0) is 10.3. The van der Waals surface area contributed by atoms with Gasteiger partial charge in [-0.1, -0.05) is 0 Å². The first-order valence-corrected chi connectivity index (χ1v) is 5.24. The van der Waals surface area contributed by atoms with Crippen molar-refractivity contribution in [2.45, 2.75) is 18.5 Å². The lowest BCUT2D eigenvalue weighted by molar-refractivity contribution is 0.391. The summed E-state index contributed by atoms with van der Waals surface area (Å²) in [7, 11) is 1.60. The Morgan fingerprint density at radius 2 is 2.40 bits per heavy atom. The Morgan fingerprint density at radius 3 is 2.93 bits per heavy atom. The minimum Gasteiger partial charge on any atom is -0.480 e. The minimum atomic E-state index is 0.571. The fourth-order valence-corrected chi connectivity index (χ4v) is 2.42. The largest absolute Gasteiger partial charge is 0.480 e. The molecule has 1 N–H and O–H groups in total. The van der Waals surface area contributed by atoms with Crippen molar-refractivity contribution in [1.29, 1.82) is 0 Å². The second-order valence-corrected chi connectivity index (χ2v) is 4.08. The number of ether oxygens (including phenoxy) is 1. The quantitative estimate of drug-likeness (QED) is 0.740. The van der Waals surface area contributed by atoms with E-state index >= 15 is 0 Å². The summed E-state index contributed by atoms with van der Waals surface area (Å²) in [5.41, 5.74) is 0. The van der Waals surface area contributed by atoms with Crippen LogP contribution in [0.3, 0.4) is 0 Å². The van der Waals surface area contributed by atoms with Gasteiger partial charge in [-0.3, -0.25) is 0 Å². The van der Waals surface area contributed by atoms with Gasteiger partial charge in [-0.2, -0.15) is 0 Å². The van der Waals surface area contributed by atoms with Gasteiger partial charge in [0.05, 0.1) is 7.11 Å². The van der Waals surface area contributed by atoms with Crippen LogP contribution in [-0.2, 0) is 0 Å². The molecule has 0 saturated carbocycles. The molecule has 0 aliphatic carbocycles. The molecule has 3 rings (SSSR count). The fraction of sp³-hybridized carbons (Fsp3) is 0.600. The van der Waals surface area contributed by atoms with Crippen LogP contribution in [0.2, 0.25) is 0 Å². The maximum absolute atomic E-state index is 4.99. The summed E-state index contributed by atoms with van der Waals surface area (Å²) in [5.74, 6) is 1.53. The molecular weight excluding hydrogens is 192 g/mol. The van der Waals surface area contributed by atoms with Crippen molar-refractivity contribution < 1.29 is 4.74 Å². The van der Waals surface area contributed by atoms with Crippen molar-refractivity contribution in [3.8, 4) is 5.88 Å². The van der Waals surface area contributed by atoms with Crippen LogP contribution in [0.1, 0.15) is 6.42 Å². The first kappa shape index (κ1) is 8.91. The first-order valence-electron chi connectivity index (χ1n) is 5.24. The average molecular weight is 206 g/mol. The highest BCUT2D eigenvalue weighted by molar-refractivity contribution is 5.43. The number of hydrogen-bond donors (Lipinski definition) is 1. The molecule has 1 aromatic heterocycles. The molecule has 5 nitrogen and oxygen atoms in total. The van der Waals surface area contributed by atoms with Crippen LogP contribution >= 0.6 is 0 Å². The number of rotatable bonds is 2. The Hall–Kier alpha value is -1.36. The van der Waals surface area contributed by atoms with Gasteiger partial charge >= 0.3 is 0 Å². The van der Waals surface area contributed by atoms with E-state index in [0.29, 0.717) is 18.0 Å². The van der Waals surface area contributed by atoms with Crippen molar-refractivity contribution in [3.63, 3.8) is 0 Å². The van der Waals surface area contributed by atoms with Gasteiger partial charge in [0, 0.05) is 31.2 Å². The van der Waals surface area contributed by atoms with Gasteiger partial charge in [0.2, 0.25) is 5.88 Å². The number of nitrogens with zero attached hydrogens (tertiary/aromatic N) is 3. The summed E-state index contributed by atoms with van der Waals surface area (Å²) >= 11 is 0. The smallest absolute Gasteiger partial charge is 0.233 e. The summed E-state index contributed by atoms with van der Waals surface area (Å²) in [6.07, 6.45) is 1.23. The third kappa shape index (κ3) is 1.43. The lowest BCUT2D eigenvalue weighted by atomic mass is 10.2. The highest BCUT2D eigenvalue weighted by atomic mass is 16.5. The molecule has 0 unspecified atom stereocenters. The highest BCUT2D eigenvalue weighted by Crippen LogP contribution is 2.27. The lowest BCUT2D eigenvalue weighted by Crippen LogP contribution is -2.44. The molecule has 5 heteroatoms. The van der Waals surface area contributed by atoms with Gasteiger partial charge in [0.25, 0.3) is 0 Å². The SMILES string of the molecule is COc1ccc(N2C[C@H]3C[C@@H]2CN3)nn1. The molecule has 0 amide bonds. The summed E-state index contributed by atoms with van der Waals surface area (Å²) in [6.45, 7) is 2.12. The van der Waals surface area contributed by atoms with Gasteiger partial charge in [-0.15, -0.1) is 10.2 Å². The van der Waals surface area contributed by atoms with Gasteiger partial charge in [0.1, 0.15) is 0 Å². The fourth-order valence-electron chi connectivity index (χ4n) is 2.42. The normalized spacial score (nSPS) is 28.5. The van der Waals surface area contributed by atoms with E-state index in [0.717, 1.165) is 18.9 Å². The number of fused-ring (bicyclic) bond motifs is 2. The summed E-state index contributed by atoms with van der Waals surface area (Å²) in [4.78, 5) is 2.33. The van der Waals surface area contributed by atoms with E-state index in [9.17, 15) is 0 Å². The van der Waals surface area contributed by atoms with Crippen LogP contribution in [0, 0.1) is 0 Å². The second-order valence-electron chi connectivity index (χ2n) is 4.08. The molecular formula is C10H14N4O. The van der Waals surface area contributed by atoms with Gasteiger partial charge in [-0.05, 0) is 12.5 Å². The first-order chi connectivity index (χ1) is 7.36. The standard InChI is InChI=1S/C10H14N4O/c1-15-10-3-2-9(12-13-10)14-6-7-4-8(14)5-11-7/h2-3,7-8,11H,4-6H2,1H3/t7-,8-/m1/s1. The molecule has 0 spiro atoms. The molecule has 2 atom stereocenters. The molecule has 1 aromatic rings. The topological polar surface area (TPSA) is 50.3 Å². The molecule has 2 saturated heterocycles. The Morgan fingerprint density at radius 1 is 1.47 bits per heavy atom. The highest BCUT2D eigenvalue weighted by Gasteiger charge is 2.38. The number of methoxy groups -OCH3 is 1. The molecule has 80 valence electrons. The molecule has 2 aliphatic heterocycles. The predicted octanol–water partition coefficient (Wildman–Crippen LogP) is 0.0357. The minimum absolute atomic E-state index is 0.571. The van der Waals surface area contributed by atoms with Gasteiger partial charge in [0.15, 0.2) is 5.82 Å². The van der Waals surface area contributed by atoms with E-state index in [1.54, 1.807) is 7.11 Å². The van der Waals surface area contributed by atoms with E-state index in [2.05, 4.69) is 20.4 Å². The van der Waals surface area contributed by atoms with Crippen LogP contribution in [0.5, 0.6) is 5.88 Å². The maximum Gasteiger partial charge on any atom is 0.233 e. The number of anilines is 1. The van der Waals surface area contributed by atoms with Gasteiger partial charge < -0.3 is 15.0 Å². The van der Waals surface area contributed by atoms with E-state index < -0.39 is 0 Å². The molecule has 0 aromatic carbocycles. The Kier molecular flexibility index (Phi) is 1.98. The van der Waals surface area contributed by atoms with Gasteiger partial charge in [-0.25, -0.2) is 0 Å². The van der Waals surface area contributed by atoms with Crippen LogP contribution in [0.25, 0.3) is 0 Å². The van der Waals surface area contributed by atoms with E-state index in [-0.39, 0.29) is 0 Å². The zero-order valence-electron chi connectivity index (χ0n) is 8.68. The third-order valence-corrected chi connectivity index (χ3v) is 3.19. The number of aromatic nitrogens is 2. The number of piperazine rings is 1. The molecule has 2 aliphatic rings. The Labute approximate surface area is 88.4 Å². The van der Waals surface area contributed by atoms with E-state index in [1.807, 2.05) is 12.1 Å². The number of nitrogens with one attached hydrogen (secondary N) is 1. The summed E-state index contributed by atoms with van der Waals surface area (Å²) < 4.78 is 4.99. The predicted molar refractivity (Wildman–Crippen MR) is 56.1 cm³/mol. The van der Waals surface area contributed by atoms with E-state index in [1.165, 1.54) is 6.42 Å². The lowest BCUT2D eigenvalue weighted by Gasteiger charge is -2.27. The maximum atomic E-state index is 4.99. The summed E-state index contributed by atoms with van der Waals surface area (Å²) in [6, 6.07) is 5.07. The van der Waals surface area contributed by atoms with Crippen molar-refractivity contribution >= 4 is 5.82 Å². The van der Waals surface area contributed by atoms with Crippen LogP contribution in [-0.4, -0.2) is 42.5 Å². The molecule has 0 radical (unpaired) electrons. The van der Waals surface area contributed by atoms with Crippen molar-refractivity contribution in [2.75, 3.05) is 25.1 Å². The van der Waals surface area contributed by atoms with Crippen molar-refractivity contribution in [3.05, 3.63) is 12.1 Å². The molecule has 15 heavy (non-hydrogen) atoms. The molecule has 2 fully saturated rings. The van der Waals surface area contributed by atoms with E-state index in [4.69, 9.17) is 4.74 Å². The Balaban J connectivity index is 1.81. The van der Waals surface area contributed by atoms with Crippen LogP contribution in [0.15, 0.2) is 12.1 Å². The van der Waals surface area contributed by atoms with Crippen LogP contribution in [0.4, 0.5) is 5.82 Å². The average Bonchev–Trinajstić information content (AvgIpc) is 2.91. The zero-order valence-corrected chi connectivity index (χ0v) is 8.68. The Bertz CT molecular complexity index is 353. The molecule has 3 heterocycles. The summed E-state index contributed by atoms with van der Waals surface area (Å²) in [5, 5.41) is 11.6. The second kappa shape index (κ2) is 3.34. The van der Waals surface area contributed by atoms with Crippen molar-refractivity contribution in [1.82, 2.24) is 15.5 Å². The monoisotopic (exact) mass is 206 g/mol. The van der Waals surface area contributed by atoms with Crippen molar-refractivity contribution in [2.24, 2.45) is 0 Å².